The minimum Gasteiger partial charge on any atom is -0.465 e. The Hall–Kier alpha value is -1.72. The molecule has 1 rings (SSSR count). The van der Waals surface area contributed by atoms with Crippen molar-refractivity contribution in [2.24, 2.45) is 7.05 Å². The van der Waals surface area contributed by atoms with Gasteiger partial charge in [0.15, 0.2) is 5.82 Å². The van der Waals surface area contributed by atoms with Gasteiger partial charge in [-0.05, 0) is 6.92 Å². The first-order chi connectivity index (χ1) is 7.02. The molecule has 0 aliphatic rings. The van der Waals surface area contributed by atoms with Crippen LogP contribution in [0.3, 0.4) is 0 Å². The Bertz CT molecular complexity index is 372. The predicted molar refractivity (Wildman–Crippen MR) is 57.9 cm³/mol. The van der Waals surface area contributed by atoms with Crippen molar-refractivity contribution in [3.63, 3.8) is 0 Å². The van der Waals surface area contributed by atoms with Gasteiger partial charge in [0.1, 0.15) is 11.4 Å². The van der Waals surface area contributed by atoms with Gasteiger partial charge in [0.2, 0.25) is 0 Å². The van der Waals surface area contributed by atoms with E-state index in [0.29, 0.717) is 17.2 Å². The van der Waals surface area contributed by atoms with E-state index in [9.17, 15) is 4.79 Å². The fourth-order valence-corrected chi connectivity index (χ4v) is 1.24. The molecule has 6 heteroatoms. The Morgan fingerprint density at radius 2 is 2.27 bits per heavy atom. The van der Waals surface area contributed by atoms with Gasteiger partial charge in [-0.25, -0.2) is 4.79 Å². The summed E-state index contributed by atoms with van der Waals surface area (Å²) in [5, 5.41) is 4.17. The van der Waals surface area contributed by atoms with Crippen molar-refractivity contribution < 1.29 is 9.53 Å². The molecule has 0 spiro atoms. The van der Waals surface area contributed by atoms with Crippen molar-refractivity contribution >= 4 is 17.6 Å². The third-order valence-corrected chi connectivity index (χ3v) is 2.30. The summed E-state index contributed by atoms with van der Waals surface area (Å²) in [6.07, 6.45) is 0. The largest absolute Gasteiger partial charge is 0.465 e. The van der Waals surface area contributed by atoms with Gasteiger partial charge >= 0.3 is 5.97 Å². The average molecular weight is 212 g/mol. The van der Waals surface area contributed by atoms with Crippen LogP contribution >= 0.6 is 0 Å². The number of aromatic nitrogens is 2. The van der Waals surface area contributed by atoms with E-state index in [1.807, 2.05) is 18.9 Å². The zero-order valence-electron chi connectivity index (χ0n) is 9.44. The van der Waals surface area contributed by atoms with Crippen molar-refractivity contribution in [3.05, 3.63) is 5.56 Å². The minimum atomic E-state index is -0.462. The number of hydrogen-bond acceptors (Lipinski definition) is 5. The Morgan fingerprint density at radius 1 is 1.67 bits per heavy atom. The first-order valence-electron chi connectivity index (χ1n) is 4.64. The van der Waals surface area contributed by atoms with E-state index in [1.54, 1.807) is 7.05 Å². The molecule has 0 unspecified atom stereocenters. The minimum absolute atomic E-state index is 0.317. The maximum atomic E-state index is 11.5. The van der Waals surface area contributed by atoms with E-state index in [2.05, 4.69) is 9.84 Å². The number of nitrogens with zero attached hydrogens (tertiary/aromatic N) is 3. The van der Waals surface area contributed by atoms with Crippen LogP contribution in [-0.4, -0.2) is 36.5 Å². The molecular weight excluding hydrogens is 196 g/mol. The molecule has 0 bridgehead atoms. The van der Waals surface area contributed by atoms with Crippen molar-refractivity contribution in [2.75, 3.05) is 31.3 Å². The smallest absolute Gasteiger partial charge is 0.345 e. The second-order valence-corrected chi connectivity index (χ2v) is 3.21. The summed E-state index contributed by atoms with van der Waals surface area (Å²) >= 11 is 0. The van der Waals surface area contributed by atoms with Crippen LogP contribution in [0.1, 0.15) is 17.3 Å². The van der Waals surface area contributed by atoms with Gasteiger partial charge < -0.3 is 15.4 Å². The van der Waals surface area contributed by atoms with Crippen LogP contribution < -0.4 is 10.6 Å². The van der Waals surface area contributed by atoms with Crippen LogP contribution in [0.4, 0.5) is 11.6 Å². The molecule has 0 fully saturated rings. The van der Waals surface area contributed by atoms with Crippen LogP contribution in [0.15, 0.2) is 0 Å². The second kappa shape index (κ2) is 4.20. The summed E-state index contributed by atoms with van der Waals surface area (Å²) in [5.41, 5.74) is 6.07. The Kier molecular flexibility index (Phi) is 3.18. The molecule has 0 amide bonds. The summed E-state index contributed by atoms with van der Waals surface area (Å²) in [6.45, 7) is 2.70. The maximum absolute atomic E-state index is 11.5. The van der Waals surface area contributed by atoms with Crippen molar-refractivity contribution in [3.8, 4) is 0 Å². The summed E-state index contributed by atoms with van der Waals surface area (Å²) in [5.74, 6) is 0.400. The van der Waals surface area contributed by atoms with E-state index >= 15 is 0 Å². The lowest BCUT2D eigenvalue weighted by molar-refractivity contribution is 0.0602. The number of esters is 1. The first-order valence-corrected chi connectivity index (χ1v) is 4.64. The second-order valence-electron chi connectivity index (χ2n) is 3.21. The highest BCUT2D eigenvalue weighted by Gasteiger charge is 2.23. The van der Waals surface area contributed by atoms with Gasteiger partial charge in [-0.3, -0.25) is 4.68 Å². The Morgan fingerprint density at radius 3 is 2.73 bits per heavy atom. The van der Waals surface area contributed by atoms with Crippen LogP contribution in [-0.2, 0) is 11.8 Å². The summed E-state index contributed by atoms with van der Waals surface area (Å²) in [7, 11) is 4.85. The zero-order valence-corrected chi connectivity index (χ0v) is 9.44. The lowest BCUT2D eigenvalue weighted by Gasteiger charge is -2.14. The molecular formula is C9H16N4O2. The van der Waals surface area contributed by atoms with E-state index in [4.69, 9.17) is 5.73 Å². The highest BCUT2D eigenvalue weighted by Crippen LogP contribution is 2.24. The first kappa shape index (κ1) is 11.4. The molecule has 0 aliphatic heterocycles. The van der Waals surface area contributed by atoms with E-state index in [-0.39, 0.29) is 0 Å². The van der Waals surface area contributed by atoms with Crippen LogP contribution in [0.25, 0.3) is 0 Å². The third-order valence-electron chi connectivity index (χ3n) is 2.30. The topological polar surface area (TPSA) is 73.4 Å². The Labute approximate surface area is 88.6 Å². The van der Waals surface area contributed by atoms with Gasteiger partial charge in [-0.15, -0.1) is 0 Å². The molecule has 84 valence electrons. The summed E-state index contributed by atoms with van der Waals surface area (Å²) in [4.78, 5) is 13.3. The van der Waals surface area contributed by atoms with Gasteiger partial charge in [-0.2, -0.15) is 5.10 Å². The number of carbonyl (C=O) groups is 1. The molecule has 0 aromatic carbocycles. The van der Waals surface area contributed by atoms with Crippen molar-refractivity contribution in [2.45, 2.75) is 6.92 Å². The van der Waals surface area contributed by atoms with Gasteiger partial charge in [0.05, 0.1) is 7.11 Å². The molecule has 0 atom stereocenters. The zero-order chi connectivity index (χ0) is 11.6. The maximum Gasteiger partial charge on any atom is 0.345 e. The van der Waals surface area contributed by atoms with E-state index in [1.165, 1.54) is 11.8 Å². The van der Waals surface area contributed by atoms with Crippen LogP contribution in [0.5, 0.6) is 0 Å². The van der Waals surface area contributed by atoms with E-state index in [0.717, 1.165) is 6.54 Å². The quantitative estimate of drug-likeness (QED) is 0.727. The Balaban J connectivity index is 3.26. The number of rotatable bonds is 3. The SMILES string of the molecule is CCN(C)c1nn(C)c(N)c1C(=O)OC. The molecule has 0 saturated heterocycles. The van der Waals surface area contributed by atoms with Crippen LogP contribution in [0.2, 0.25) is 0 Å². The standard InChI is InChI=1S/C9H16N4O2/c1-5-12(2)8-6(9(14)15-4)7(10)13(3)11-8/h5,10H2,1-4H3. The number of nitrogens with two attached hydrogens (primary N) is 1. The van der Waals surface area contributed by atoms with Gasteiger partial charge in [0, 0.05) is 20.6 Å². The average Bonchev–Trinajstić information content (AvgIpc) is 2.53. The van der Waals surface area contributed by atoms with Crippen molar-refractivity contribution in [1.29, 1.82) is 0 Å². The monoisotopic (exact) mass is 212 g/mol. The van der Waals surface area contributed by atoms with Gasteiger partial charge in [0.25, 0.3) is 0 Å². The lowest BCUT2D eigenvalue weighted by Crippen LogP contribution is -2.19. The number of hydrogen-bond donors (Lipinski definition) is 1. The normalized spacial score (nSPS) is 10.1. The van der Waals surface area contributed by atoms with Crippen LogP contribution in [0, 0.1) is 0 Å². The molecule has 1 aromatic rings. The fourth-order valence-electron chi connectivity index (χ4n) is 1.24. The number of methoxy groups -OCH3 is 1. The number of carbonyl (C=O) groups excluding carboxylic acids is 1. The molecule has 15 heavy (non-hydrogen) atoms. The molecule has 1 aromatic heterocycles. The molecule has 0 saturated carbocycles. The summed E-state index contributed by atoms with van der Waals surface area (Å²) < 4.78 is 6.13. The molecule has 0 aliphatic carbocycles. The molecule has 1 heterocycles. The lowest BCUT2D eigenvalue weighted by atomic mass is 10.3. The molecule has 2 N–H and O–H groups in total. The van der Waals surface area contributed by atoms with E-state index < -0.39 is 5.97 Å². The number of ether oxygens (including phenoxy) is 1. The third kappa shape index (κ3) is 1.88. The fraction of sp³-hybridized carbons (Fsp3) is 0.556. The molecule has 6 nitrogen and oxygen atoms in total. The number of nitrogen functional groups attached to an aromatic ring is 1. The number of anilines is 2. The number of aryl methyl sites for hydroxylation is 1. The highest BCUT2D eigenvalue weighted by atomic mass is 16.5. The van der Waals surface area contributed by atoms with Gasteiger partial charge in [-0.1, -0.05) is 0 Å². The molecule has 0 radical (unpaired) electrons. The van der Waals surface area contributed by atoms with Crippen molar-refractivity contribution in [1.82, 2.24) is 9.78 Å². The highest BCUT2D eigenvalue weighted by molar-refractivity contribution is 5.99. The predicted octanol–water partition coefficient (Wildman–Crippen LogP) is 0.245. The summed E-state index contributed by atoms with van der Waals surface area (Å²) in [6, 6.07) is 0.